The summed E-state index contributed by atoms with van der Waals surface area (Å²) in [6.07, 6.45) is 2.79. The molecule has 0 atom stereocenters. The van der Waals surface area contributed by atoms with Crippen LogP contribution in [0.1, 0.15) is 11.3 Å². The van der Waals surface area contributed by atoms with Crippen molar-refractivity contribution in [1.82, 2.24) is 9.78 Å². The van der Waals surface area contributed by atoms with Crippen molar-refractivity contribution >= 4 is 0 Å². The molecule has 2 aromatic rings. The third-order valence-electron chi connectivity index (χ3n) is 3.30. The third-order valence-corrected chi connectivity index (χ3v) is 3.30. The highest BCUT2D eigenvalue weighted by molar-refractivity contribution is 5.72. The third kappa shape index (κ3) is 2.06. The van der Waals surface area contributed by atoms with Gasteiger partial charge in [-0.15, -0.1) is 0 Å². The Balaban J connectivity index is 2.11. The summed E-state index contributed by atoms with van der Waals surface area (Å²) >= 11 is 0. The Kier molecular flexibility index (Phi) is 2.91. The van der Waals surface area contributed by atoms with Crippen molar-refractivity contribution in [2.45, 2.75) is 13.3 Å². The smallest absolute Gasteiger partial charge is 0.231 e. The van der Waals surface area contributed by atoms with Crippen LogP contribution < -0.4 is 15.2 Å². The number of hydrogen-bond donors (Lipinski definition) is 1. The Labute approximate surface area is 111 Å². The molecule has 0 amide bonds. The molecule has 0 radical (unpaired) electrons. The van der Waals surface area contributed by atoms with Gasteiger partial charge in [-0.25, -0.2) is 0 Å². The summed E-state index contributed by atoms with van der Waals surface area (Å²) in [5, 5.41) is 4.48. The predicted molar refractivity (Wildman–Crippen MR) is 72.3 cm³/mol. The first-order valence-corrected chi connectivity index (χ1v) is 6.32. The molecular weight excluding hydrogens is 242 g/mol. The molecule has 2 N–H and O–H groups in total. The highest BCUT2D eigenvalue weighted by atomic mass is 16.7. The molecule has 0 aliphatic carbocycles. The summed E-state index contributed by atoms with van der Waals surface area (Å²) in [6, 6.07) is 4.03. The Morgan fingerprint density at radius 3 is 2.74 bits per heavy atom. The lowest BCUT2D eigenvalue weighted by atomic mass is 9.99. The highest BCUT2D eigenvalue weighted by Gasteiger charge is 2.19. The molecule has 1 aliphatic heterocycles. The van der Waals surface area contributed by atoms with Gasteiger partial charge >= 0.3 is 0 Å². The fourth-order valence-electron chi connectivity index (χ4n) is 2.41. The van der Waals surface area contributed by atoms with Crippen molar-refractivity contribution in [3.63, 3.8) is 0 Å². The summed E-state index contributed by atoms with van der Waals surface area (Å²) in [7, 11) is 1.92. The molecule has 5 nitrogen and oxygen atoms in total. The number of rotatable bonds is 3. The van der Waals surface area contributed by atoms with Crippen LogP contribution in [0, 0.1) is 6.92 Å². The second-order valence-electron chi connectivity index (χ2n) is 4.72. The molecule has 0 unspecified atom stereocenters. The number of benzene rings is 1. The molecular formula is C14H17N3O2. The molecule has 0 spiro atoms. The average Bonchev–Trinajstić information content (AvgIpc) is 2.95. The van der Waals surface area contributed by atoms with Crippen LogP contribution in [0.15, 0.2) is 18.3 Å². The zero-order chi connectivity index (χ0) is 13.4. The molecule has 0 saturated carbocycles. The molecule has 19 heavy (non-hydrogen) atoms. The van der Waals surface area contributed by atoms with Crippen molar-refractivity contribution in [1.29, 1.82) is 0 Å². The predicted octanol–water partition coefficient (Wildman–Crippen LogP) is 1.63. The van der Waals surface area contributed by atoms with Crippen LogP contribution in [-0.4, -0.2) is 23.1 Å². The second kappa shape index (κ2) is 4.59. The molecule has 1 aromatic heterocycles. The van der Waals surface area contributed by atoms with E-state index >= 15 is 0 Å². The maximum Gasteiger partial charge on any atom is 0.231 e. The van der Waals surface area contributed by atoms with Gasteiger partial charge in [-0.2, -0.15) is 5.10 Å². The van der Waals surface area contributed by atoms with Gasteiger partial charge in [0, 0.05) is 25.2 Å². The lowest BCUT2D eigenvalue weighted by Gasteiger charge is -2.07. The van der Waals surface area contributed by atoms with Crippen molar-refractivity contribution in [3.8, 4) is 22.6 Å². The average molecular weight is 259 g/mol. The summed E-state index contributed by atoms with van der Waals surface area (Å²) in [5.41, 5.74) is 10.1. The first-order chi connectivity index (χ1) is 9.19. The van der Waals surface area contributed by atoms with E-state index in [4.69, 9.17) is 15.2 Å². The van der Waals surface area contributed by atoms with E-state index in [1.165, 1.54) is 0 Å². The van der Waals surface area contributed by atoms with Crippen LogP contribution in [0.25, 0.3) is 11.1 Å². The summed E-state index contributed by atoms with van der Waals surface area (Å²) in [5.74, 6) is 1.61. The Bertz CT molecular complexity index is 619. The minimum atomic E-state index is 0.293. The zero-order valence-electron chi connectivity index (χ0n) is 11.1. The van der Waals surface area contributed by atoms with Gasteiger partial charge in [0.25, 0.3) is 0 Å². The molecule has 5 heteroatoms. The van der Waals surface area contributed by atoms with Gasteiger partial charge in [-0.3, -0.25) is 4.68 Å². The minimum Gasteiger partial charge on any atom is -0.454 e. The number of nitrogens with two attached hydrogens (primary N) is 1. The van der Waals surface area contributed by atoms with E-state index in [-0.39, 0.29) is 0 Å². The summed E-state index contributed by atoms with van der Waals surface area (Å²) in [4.78, 5) is 0. The topological polar surface area (TPSA) is 62.3 Å². The molecule has 2 heterocycles. The van der Waals surface area contributed by atoms with Crippen LogP contribution in [0.3, 0.4) is 0 Å². The number of nitrogens with zero attached hydrogens (tertiary/aromatic N) is 2. The van der Waals surface area contributed by atoms with Gasteiger partial charge in [-0.1, -0.05) is 0 Å². The lowest BCUT2D eigenvalue weighted by Crippen LogP contribution is -2.04. The van der Waals surface area contributed by atoms with Crippen LogP contribution >= 0.6 is 0 Å². The van der Waals surface area contributed by atoms with Crippen molar-refractivity contribution < 1.29 is 9.47 Å². The number of fused-ring (bicyclic) bond motifs is 1. The molecule has 0 bridgehead atoms. The quantitative estimate of drug-likeness (QED) is 0.910. The summed E-state index contributed by atoms with van der Waals surface area (Å²) in [6.45, 7) is 2.95. The molecule has 0 fully saturated rings. The van der Waals surface area contributed by atoms with E-state index in [9.17, 15) is 0 Å². The van der Waals surface area contributed by atoms with Crippen molar-refractivity contribution in [2.24, 2.45) is 12.8 Å². The molecule has 3 rings (SSSR count). The first kappa shape index (κ1) is 12.0. The fourth-order valence-corrected chi connectivity index (χ4v) is 2.41. The lowest BCUT2D eigenvalue weighted by molar-refractivity contribution is 0.174. The normalized spacial score (nSPS) is 13.0. The maximum atomic E-state index is 5.65. The van der Waals surface area contributed by atoms with Gasteiger partial charge in [0.05, 0.1) is 5.69 Å². The van der Waals surface area contributed by atoms with Crippen molar-refractivity contribution in [2.75, 3.05) is 13.3 Å². The van der Waals surface area contributed by atoms with E-state index in [0.29, 0.717) is 13.3 Å². The van der Waals surface area contributed by atoms with E-state index in [2.05, 4.69) is 12.0 Å². The molecule has 1 aromatic carbocycles. The van der Waals surface area contributed by atoms with Gasteiger partial charge in [0.2, 0.25) is 6.79 Å². The standard InChI is InChI=1S/C14H17N3O2/c1-9-5-13-14(19-8-18-13)6-10(9)11-7-17(2)16-12(11)3-4-15/h5-7H,3-4,8,15H2,1-2H3. The zero-order valence-corrected chi connectivity index (χ0v) is 11.1. The monoisotopic (exact) mass is 259 g/mol. The maximum absolute atomic E-state index is 5.65. The largest absolute Gasteiger partial charge is 0.454 e. The Morgan fingerprint density at radius 2 is 2.00 bits per heavy atom. The number of hydrogen-bond acceptors (Lipinski definition) is 4. The van der Waals surface area contributed by atoms with Gasteiger partial charge in [0.15, 0.2) is 11.5 Å². The number of aryl methyl sites for hydroxylation is 2. The summed E-state index contributed by atoms with van der Waals surface area (Å²) < 4.78 is 12.7. The van der Waals surface area contributed by atoms with Crippen LogP contribution in [0.5, 0.6) is 11.5 Å². The molecule has 1 aliphatic rings. The fraction of sp³-hybridized carbons (Fsp3) is 0.357. The number of aromatic nitrogens is 2. The van der Waals surface area contributed by atoms with Gasteiger partial charge in [0.1, 0.15) is 0 Å². The van der Waals surface area contributed by atoms with E-state index < -0.39 is 0 Å². The van der Waals surface area contributed by atoms with Crippen LogP contribution in [-0.2, 0) is 13.5 Å². The van der Waals surface area contributed by atoms with E-state index in [1.54, 1.807) is 0 Å². The van der Waals surface area contributed by atoms with Crippen LogP contribution in [0.2, 0.25) is 0 Å². The molecule has 100 valence electrons. The van der Waals surface area contributed by atoms with E-state index in [1.807, 2.05) is 30.1 Å². The van der Waals surface area contributed by atoms with Crippen LogP contribution in [0.4, 0.5) is 0 Å². The van der Waals surface area contributed by atoms with Crippen molar-refractivity contribution in [3.05, 3.63) is 29.6 Å². The second-order valence-corrected chi connectivity index (χ2v) is 4.72. The molecule has 0 saturated heterocycles. The SMILES string of the molecule is Cc1cc2c(cc1-c1cn(C)nc1CCN)OCO2. The number of ether oxygens (including phenoxy) is 2. The Morgan fingerprint density at radius 1 is 1.26 bits per heavy atom. The van der Waals surface area contributed by atoms with Gasteiger partial charge in [-0.05, 0) is 36.7 Å². The minimum absolute atomic E-state index is 0.293. The Hall–Kier alpha value is -2.01. The van der Waals surface area contributed by atoms with E-state index in [0.717, 1.165) is 40.3 Å². The van der Waals surface area contributed by atoms with Gasteiger partial charge < -0.3 is 15.2 Å². The first-order valence-electron chi connectivity index (χ1n) is 6.32. The highest BCUT2D eigenvalue weighted by Crippen LogP contribution is 2.39.